The number of likely N-dealkylation sites (tertiary alicyclic amines) is 1. The quantitative estimate of drug-likeness (QED) is 0.746. The fourth-order valence-electron chi connectivity index (χ4n) is 4.28. The van der Waals surface area contributed by atoms with Crippen molar-refractivity contribution in [3.8, 4) is 5.75 Å². The number of amides is 2. The van der Waals surface area contributed by atoms with Gasteiger partial charge in [-0.3, -0.25) is 9.59 Å². The van der Waals surface area contributed by atoms with Crippen LogP contribution in [-0.4, -0.2) is 36.4 Å². The Hall–Kier alpha value is -2.82. The van der Waals surface area contributed by atoms with E-state index in [-0.39, 0.29) is 23.8 Å². The molecular weight excluding hydrogens is 376 g/mol. The van der Waals surface area contributed by atoms with Crippen molar-refractivity contribution in [1.29, 1.82) is 0 Å². The number of hydrogen-bond acceptors (Lipinski definition) is 3. The zero-order chi connectivity index (χ0) is 21.8. The number of carbonyl (C=O) groups excluding carboxylic acids is 2. The molecule has 1 saturated heterocycles. The third-order valence-corrected chi connectivity index (χ3v) is 5.92. The highest BCUT2D eigenvalue weighted by atomic mass is 16.5. The Morgan fingerprint density at radius 3 is 2.50 bits per heavy atom. The molecule has 0 aromatic heterocycles. The number of nitrogens with zero attached hydrogens (tertiary/aromatic N) is 1. The normalized spacial score (nSPS) is 19.8. The predicted octanol–water partition coefficient (Wildman–Crippen LogP) is 4.22. The van der Waals surface area contributed by atoms with Crippen molar-refractivity contribution in [3.63, 3.8) is 0 Å². The second kappa shape index (κ2) is 9.33. The van der Waals surface area contributed by atoms with Crippen molar-refractivity contribution in [2.75, 3.05) is 13.6 Å². The first kappa shape index (κ1) is 21.9. The Morgan fingerprint density at radius 1 is 1.17 bits per heavy atom. The second-order valence-corrected chi connectivity index (χ2v) is 8.50. The third-order valence-electron chi connectivity index (χ3n) is 5.92. The fourth-order valence-corrected chi connectivity index (χ4v) is 4.28. The van der Waals surface area contributed by atoms with E-state index in [0.717, 1.165) is 11.1 Å². The molecule has 160 valence electrons. The minimum Gasteiger partial charge on any atom is -0.481 e. The van der Waals surface area contributed by atoms with Crippen LogP contribution < -0.4 is 10.1 Å². The van der Waals surface area contributed by atoms with Gasteiger partial charge in [-0.25, -0.2) is 0 Å². The van der Waals surface area contributed by atoms with Gasteiger partial charge in [-0.2, -0.15) is 0 Å². The number of benzene rings is 2. The molecule has 1 fully saturated rings. The molecule has 3 rings (SSSR count). The molecule has 0 spiro atoms. The van der Waals surface area contributed by atoms with Crippen LogP contribution in [-0.2, 0) is 9.59 Å². The highest BCUT2D eigenvalue weighted by Gasteiger charge is 2.38. The van der Waals surface area contributed by atoms with Gasteiger partial charge in [0.2, 0.25) is 5.91 Å². The van der Waals surface area contributed by atoms with Crippen LogP contribution in [0, 0.1) is 12.8 Å². The average Bonchev–Trinajstić information content (AvgIpc) is 3.00. The van der Waals surface area contributed by atoms with E-state index in [1.165, 1.54) is 5.56 Å². The maximum atomic E-state index is 12.6. The van der Waals surface area contributed by atoms with E-state index < -0.39 is 6.10 Å². The minimum atomic E-state index is -0.612. The van der Waals surface area contributed by atoms with Crippen molar-refractivity contribution in [2.24, 2.45) is 5.92 Å². The van der Waals surface area contributed by atoms with Gasteiger partial charge in [0, 0.05) is 25.9 Å². The number of aryl methyl sites for hydroxylation is 1. The van der Waals surface area contributed by atoms with Gasteiger partial charge < -0.3 is 15.0 Å². The van der Waals surface area contributed by atoms with Gasteiger partial charge in [0.1, 0.15) is 5.75 Å². The summed E-state index contributed by atoms with van der Waals surface area (Å²) in [6.45, 7) is 8.57. The van der Waals surface area contributed by atoms with Crippen molar-refractivity contribution < 1.29 is 14.3 Å². The van der Waals surface area contributed by atoms with E-state index in [0.29, 0.717) is 24.6 Å². The second-order valence-electron chi connectivity index (χ2n) is 8.50. The summed E-state index contributed by atoms with van der Waals surface area (Å²) in [5, 5.41) is 2.99. The molecule has 0 radical (unpaired) electrons. The molecule has 5 heteroatoms. The Labute approximate surface area is 179 Å². The number of hydrogen-bond donors (Lipinski definition) is 1. The Balaban J connectivity index is 1.60. The Kier molecular flexibility index (Phi) is 6.80. The zero-order valence-electron chi connectivity index (χ0n) is 18.5. The summed E-state index contributed by atoms with van der Waals surface area (Å²) >= 11 is 0. The summed E-state index contributed by atoms with van der Waals surface area (Å²) in [6, 6.07) is 15.9. The highest BCUT2D eigenvalue weighted by Crippen LogP contribution is 2.36. The van der Waals surface area contributed by atoms with Gasteiger partial charge in [-0.05, 0) is 48.6 Å². The Morgan fingerprint density at radius 2 is 1.87 bits per heavy atom. The lowest BCUT2D eigenvalue weighted by atomic mass is 9.93. The smallest absolute Gasteiger partial charge is 0.260 e. The van der Waals surface area contributed by atoms with Gasteiger partial charge >= 0.3 is 0 Å². The summed E-state index contributed by atoms with van der Waals surface area (Å²) in [5.74, 6) is 1.11. The zero-order valence-corrected chi connectivity index (χ0v) is 18.5. The lowest BCUT2D eigenvalue weighted by Gasteiger charge is -2.26. The SMILES string of the molecule is Cc1cc(O[C@H](C)C(=O)NC[C@@H]2CC(=O)N(C)[C@H]2c2ccccc2)ccc1C(C)C. The molecule has 0 unspecified atom stereocenters. The van der Waals surface area contributed by atoms with Gasteiger partial charge in [-0.15, -0.1) is 0 Å². The van der Waals surface area contributed by atoms with Gasteiger partial charge in [0.25, 0.3) is 5.91 Å². The molecule has 2 aromatic rings. The minimum absolute atomic E-state index is 0.0264. The number of nitrogens with one attached hydrogen (secondary N) is 1. The molecule has 3 atom stereocenters. The summed E-state index contributed by atoms with van der Waals surface area (Å²) in [6.07, 6.45) is -0.180. The average molecular weight is 409 g/mol. The largest absolute Gasteiger partial charge is 0.481 e. The first-order valence-corrected chi connectivity index (χ1v) is 10.6. The molecule has 2 amide bonds. The van der Waals surface area contributed by atoms with Crippen LogP contribution in [0.3, 0.4) is 0 Å². The molecule has 5 nitrogen and oxygen atoms in total. The maximum absolute atomic E-state index is 12.6. The number of rotatable bonds is 7. The van der Waals surface area contributed by atoms with E-state index in [9.17, 15) is 9.59 Å². The predicted molar refractivity (Wildman–Crippen MR) is 118 cm³/mol. The van der Waals surface area contributed by atoms with Gasteiger partial charge in [0.05, 0.1) is 6.04 Å². The van der Waals surface area contributed by atoms with Crippen LogP contribution in [0.1, 0.15) is 55.8 Å². The van der Waals surface area contributed by atoms with Crippen LogP contribution in [0.4, 0.5) is 0 Å². The molecule has 1 aliphatic rings. The van der Waals surface area contributed by atoms with Crippen LogP contribution in [0.2, 0.25) is 0 Å². The molecule has 1 aliphatic heterocycles. The third kappa shape index (κ3) is 4.84. The van der Waals surface area contributed by atoms with Gasteiger partial charge in [0.15, 0.2) is 6.10 Å². The molecule has 0 saturated carbocycles. The van der Waals surface area contributed by atoms with E-state index in [1.54, 1.807) is 11.8 Å². The highest BCUT2D eigenvalue weighted by molar-refractivity contribution is 5.82. The van der Waals surface area contributed by atoms with E-state index in [2.05, 4.69) is 32.2 Å². The lowest BCUT2D eigenvalue weighted by Crippen LogP contribution is -2.39. The molecule has 2 aromatic carbocycles. The van der Waals surface area contributed by atoms with Crippen molar-refractivity contribution >= 4 is 11.8 Å². The lowest BCUT2D eigenvalue weighted by molar-refractivity contribution is -0.128. The van der Waals surface area contributed by atoms with Crippen LogP contribution >= 0.6 is 0 Å². The first-order chi connectivity index (χ1) is 14.3. The monoisotopic (exact) mass is 408 g/mol. The number of ether oxygens (including phenoxy) is 1. The standard InChI is InChI=1S/C25H32N2O3/c1-16(2)22-12-11-21(13-17(22)3)30-18(4)25(29)26-15-20-14-23(28)27(5)24(20)19-9-7-6-8-10-19/h6-13,16,18,20,24H,14-15H2,1-5H3,(H,26,29)/t18-,20+,24+/m1/s1. The molecule has 0 aliphatic carbocycles. The van der Waals surface area contributed by atoms with Gasteiger partial charge in [-0.1, -0.05) is 50.2 Å². The molecule has 30 heavy (non-hydrogen) atoms. The van der Waals surface area contributed by atoms with E-state index >= 15 is 0 Å². The maximum Gasteiger partial charge on any atom is 0.260 e. The summed E-state index contributed by atoms with van der Waals surface area (Å²) < 4.78 is 5.87. The van der Waals surface area contributed by atoms with Crippen molar-refractivity contribution in [3.05, 3.63) is 65.2 Å². The molecular formula is C25H32N2O3. The van der Waals surface area contributed by atoms with E-state index in [4.69, 9.17) is 4.74 Å². The summed E-state index contributed by atoms with van der Waals surface area (Å²) in [7, 11) is 1.83. The van der Waals surface area contributed by atoms with Crippen LogP contribution in [0.25, 0.3) is 0 Å². The summed E-state index contributed by atoms with van der Waals surface area (Å²) in [4.78, 5) is 26.7. The van der Waals surface area contributed by atoms with Crippen molar-refractivity contribution in [1.82, 2.24) is 10.2 Å². The number of carbonyl (C=O) groups is 2. The first-order valence-electron chi connectivity index (χ1n) is 10.6. The van der Waals surface area contributed by atoms with Crippen LogP contribution in [0.15, 0.2) is 48.5 Å². The fraction of sp³-hybridized carbons (Fsp3) is 0.440. The van der Waals surface area contributed by atoms with E-state index in [1.807, 2.05) is 49.5 Å². The molecule has 0 bridgehead atoms. The Bertz CT molecular complexity index is 895. The topological polar surface area (TPSA) is 58.6 Å². The van der Waals surface area contributed by atoms with Crippen LogP contribution in [0.5, 0.6) is 5.75 Å². The molecule has 1 N–H and O–H groups in total. The molecule has 1 heterocycles. The summed E-state index contributed by atoms with van der Waals surface area (Å²) in [5.41, 5.74) is 3.53. The van der Waals surface area contributed by atoms with Crippen molar-refractivity contribution in [2.45, 2.75) is 52.2 Å².